The van der Waals surface area contributed by atoms with Crippen molar-refractivity contribution in [3.8, 4) is 5.75 Å². The molecule has 0 amide bonds. The van der Waals surface area contributed by atoms with E-state index in [1.54, 1.807) is 18.2 Å². The van der Waals surface area contributed by atoms with Crippen LogP contribution in [0, 0.1) is 5.82 Å². The Kier molecular flexibility index (Phi) is 5.67. The number of rotatable bonds is 7. The minimum Gasteiger partial charge on any atom is -0.494 e. The monoisotopic (exact) mass is 409 g/mol. The van der Waals surface area contributed by atoms with Gasteiger partial charge in [0, 0.05) is 11.2 Å². The number of sulfonamides is 1. The second-order valence-corrected chi connectivity index (χ2v) is 7.76. The van der Waals surface area contributed by atoms with Crippen LogP contribution >= 0.6 is 11.6 Å². The zero-order valence-electron chi connectivity index (χ0n) is 14.4. The highest BCUT2D eigenvalue weighted by Gasteiger charge is 2.15. The molecule has 3 aromatic rings. The first kappa shape index (κ1) is 19.2. The summed E-state index contributed by atoms with van der Waals surface area (Å²) in [7, 11) is -3.75. The van der Waals surface area contributed by atoms with E-state index >= 15 is 0 Å². The van der Waals surface area contributed by atoms with Crippen molar-refractivity contribution in [3.05, 3.63) is 71.3 Å². The Morgan fingerprint density at radius 2 is 1.96 bits per heavy atom. The topological polar surface area (TPSA) is 73.2 Å². The zero-order valence-corrected chi connectivity index (χ0v) is 16.0. The van der Waals surface area contributed by atoms with E-state index < -0.39 is 15.8 Å². The van der Waals surface area contributed by atoms with E-state index in [1.165, 1.54) is 41.3 Å². The molecular formula is C18H17ClFN3O3S. The molecule has 0 saturated carbocycles. The molecule has 0 saturated heterocycles. The van der Waals surface area contributed by atoms with E-state index in [2.05, 4.69) is 9.82 Å². The molecule has 0 aliphatic heterocycles. The van der Waals surface area contributed by atoms with Crippen LogP contribution in [0.5, 0.6) is 5.75 Å². The summed E-state index contributed by atoms with van der Waals surface area (Å²) in [5.74, 6) is 0.175. The molecule has 0 unspecified atom stereocenters. The van der Waals surface area contributed by atoms with Gasteiger partial charge in [-0.25, -0.2) is 12.8 Å². The average molecular weight is 410 g/mol. The first-order chi connectivity index (χ1) is 12.9. The van der Waals surface area contributed by atoms with Crippen molar-refractivity contribution in [3.63, 3.8) is 0 Å². The third kappa shape index (κ3) is 4.78. The van der Waals surface area contributed by atoms with Crippen LogP contribution in [-0.2, 0) is 16.6 Å². The second-order valence-electron chi connectivity index (χ2n) is 5.67. The molecule has 0 fully saturated rings. The average Bonchev–Trinajstić information content (AvgIpc) is 3.04. The summed E-state index contributed by atoms with van der Waals surface area (Å²) in [6.45, 7) is 2.63. The number of anilines is 1. The second kappa shape index (κ2) is 7.98. The fourth-order valence-corrected chi connectivity index (χ4v) is 3.68. The molecular weight excluding hydrogens is 393 g/mol. The van der Waals surface area contributed by atoms with Crippen LogP contribution < -0.4 is 9.46 Å². The van der Waals surface area contributed by atoms with Gasteiger partial charge < -0.3 is 4.74 Å². The Bertz CT molecular complexity index is 1040. The summed E-state index contributed by atoms with van der Waals surface area (Å²) in [6, 6.07) is 10.2. The first-order valence-electron chi connectivity index (χ1n) is 8.09. The summed E-state index contributed by atoms with van der Waals surface area (Å²) in [6.07, 6.45) is 2.93. The summed E-state index contributed by atoms with van der Waals surface area (Å²) in [5.41, 5.74) is 0.976. The van der Waals surface area contributed by atoms with Crippen LogP contribution in [0.4, 0.5) is 10.1 Å². The number of nitrogens with one attached hydrogen (secondary N) is 1. The van der Waals surface area contributed by atoms with Crippen LogP contribution in [0.2, 0.25) is 5.02 Å². The minimum atomic E-state index is -3.75. The number of nitrogens with zero attached hydrogens (tertiary/aromatic N) is 2. The summed E-state index contributed by atoms with van der Waals surface area (Å²) < 4.78 is 47.4. The van der Waals surface area contributed by atoms with Gasteiger partial charge in [-0.2, -0.15) is 5.10 Å². The number of hydrogen-bond acceptors (Lipinski definition) is 4. The van der Waals surface area contributed by atoms with Gasteiger partial charge in [0.05, 0.1) is 29.9 Å². The van der Waals surface area contributed by atoms with Crippen LogP contribution in [0.3, 0.4) is 0 Å². The van der Waals surface area contributed by atoms with E-state index in [4.69, 9.17) is 16.3 Å². The standard InChI is InChI=1S/C18H17ClFN3O3S/c1-2-26-16-5-7-17(8-6-16)27(24,25)22-15-10-21-23(12-15)11-13-3-4-14(20)9-18(13)19/h3-10,12,22H,2,11H2,1H3. The molecule has 2 aromatic carbocycles. The lowest BCUT2D eigenvalue weighted by molar-refractivity contribution is 0.340. The fourth-order valence-electron chi connectivity index (χ4n) is 2.42. The molecule has 1 aromatic heterocycles. The molecule has 3 rings (SSSR count). The highest BCUT2D eigenvalue weighted by atomic mass is 35.5. The molecule has 0 bridgehead atoms. The maximum absolute atomic E-state index is 13.1. The number of halogens is 2. The van der Waals surface area contributed by atoms with E-state index in [-0.39, 0.29) is 16.5 Å². The number of benzene rings is 2. The Morgan fingerprint density at radius 3 is 2.63 bits per heavy atom. The lowest BCUT2D eigenvalue weighted by atomic mass is 10.2. The summed E-state index contributed by atoms with van der Waals surface area (Å²) in [5, 5.41) is 4.39. The molecule has 27 heavy (non-hydrogen) atoms. The largest absolute Gasteiger partial charge is 0.494 e. The van der Waals surface area contributed by atoms with Gasteiger partial charge in [0.25, 0.3) is 10.0 Å². The number of ether oxygens (including phenoxy) is 1. The molecule has 1 N–H and O–H groups in total. The fraction of sp³-hybridized carbons (Fsp3) is 0.167. The van der Waals surface area contributed by atoms with Gasteiger partial charge in [-0.1, -0.05) is 17.7 Å². The maximum atomic E-state index is 13.1. The number of aromatic nitrogens is 2. The highest BCUT2D eigenvalue weighted by molar-refractivity contribution is 7.92. The molecule has 142 valence electrons. The van der Waals surface area contributed by atoms with Crippen molar-refractivity contribution in [2.75, 3.05) is 11.3 Å². The first-order valence-corrected chi connectivity index (χ1v) is 9.95. The molecule has 0 aliphatic rings. The van der Waals surface area contributed by atoms with Crippen molar-refractivity contribution in [2.45, 2.75) is 18.4 Å². The molecule has 0 aliphatic carbocycles. The van der Waals surface area contributed by atoms with Crippen LogP contribution in [0.25, 0.3) is 0 Å². The molecule has 6 nitrogen and oxygen atoms in total. The van der Waals surface area contributed by atoms with Gasteiger partial charge in [0.1, 0.15) is 11.6 Å². The lowest BCUT2D eigenvalue weighted by Gasteiger charge is -2.07. The predicted molar refractivity (Wildman–Crippen MR) is 101 cm³/mol. The third-order valence-corrected chi connectivity index (χ3v) is 5.43. The third-order valence-electron chi connectivity index (χ3n) is 3.68. The number of hydrogen-bond donors (Lipinski definition) is 1. The predicted octanol–water partition coefficient (Wildman–Crippen LogP) is 3.92. The molecule has 0 radical (unpaired) electrons. The Balaban J connectivity index is 1.72. The van der Waals surface area contributed by atoms with E-state index in [1.807, 2.05) is 6.92 Å². The molecule has 1 heterocycles. The summed E-state index contributed by atoms with van der Waals surface area (Å²) in [4.78, 5) is 0.111. The highest BCUT2D eigenvalue weighted by Crippen LogP contribution is 2.21. The van der Waals surface area contributed by atoms with Crippen molar-refractivity contribution in [1.82, 2.24) is 9.78 Å². The minimum absolute atomic E-state index is 0.111. The van der Waals surface area contributed by atoms with E-state index in [0.717, 1.165) is 0 Å². The van der Waals surface area contributed by atoms with Gasteiger partial charge in [0.15, 0.2) is 0 Å². The Morgan fingerprint density at radius 1 is 1.22 bits per heavy atom. The SMILES string of the molecule is CCOc1ccc(S(=O)(=O)Nc2cnn(Cc3ccc(F)cc3Cl)c2)cc1. The van der Waals surface area contributed by atoms with Crippen molar-refractivity contribution >= 4 is 27.3 Å². The molecule has 9 heteroatoms. The van der Waals surface area contributed by atoms with Gasteiger partial charge in [0.2, 0.25) is 0 Å². The van der Waals surface area contributed by atoms with Gasteiger partial charge in [-0.15, -0.1) is 0 Å². The van der Waals surface area contributed by atoms with Gasteiger partial charge in [-0.05, 0) is 48.9 Å². The van der Waals surface area contributed by atoms with Crippen molar-refractivity contribution in [2.24, 2.45) is 0 Å². The smallest absolute Gasteiger partial charge is 0.261 e. The van der Waals surface area contributed by atoms with E-state index in [0.29, 0.717) is 23.6 Å². The summed E-state index contributed by atoms with van der Waals surface area (Å²) >= 11 is 6.01. The van der Waals surface area contributed by atoms with Crippen LogP contribution in [0.15, 0.2) is 59.8 Å². The normalized spacial score (nSPS) is 11.4. The van der Waals surface area contributed by atoms with Crippen molar-refractivity contribution < 1.29 is 17.5 Å². The lowest BCUT2D eigenvalue weighted by Crippen LogP contribution is -2.12. The van der Waals surface area contributed by atoms with E-state index in [9.17, 15) is 12.8 Å². The Labute approximate surface area is 161 Å². The van der Waals surface area contributed by atoms with Crippen molar-refractivity contribution in [1.29, 1.82) is 0 Å². The van der Waals surface area contributed by atoms with Crippen LogP contribution in [0.1, 0.15) is 12.5 Å². The zero-order chi connectivity index (χ0) is 19.4. The maximum Gasteiger partial charge on any atom is 0.261 e. The Hall–Kier alpha value is -2.58. The van der Waals surface area contributed by atoms with Crippen LogP contribution in [-0.4, -0.2) is 24.8 Å². The van der Waals surface area contributed by atoms with Gasteiger partial charge >= 0.3 is 0 Å². The molecule has 0 spiro atoms. The molecule has 0 atom stereocenters. The quantitative estimate of drug-likeness (QED) is 0.641. The van der Waals surface area contributed by atoms with Gasteiger partial charge in [-0.3, -0.25) is 9.40 Å².